The molecule has 0 radical (unpaired) electrons. The Balaban J connectivity index is 1.51. The summed E-state index contributed by atoms with van der Waals surface area (Å²) in [6.07, 6.45) is 6.87. The second-order valence-corrected chi connectivity index (χ2v) is 10.4. The highest BCUT2D eigenvalue weighted by molar-refractivity contribution is 7.09. The third kappa shape index (κ3) is 4.70. The number of H-pyrrole nitrogens is 1. The molecule has 1 aliphatic rings. The van der Waals surface area contributed by atoms with Crippen molar-refractivity contribution in [3.63, 3.8) is 0 Å². The number of hydrogen-bond acceptors (Lipinski definition) is 6. The van der Waals surface area contributed by atoms with E-state index in [-0.39, 0.29) is 11.6 Å². The lowest BCUT2D eigenvalue weighted by molar-refractivity contribution is 0.157. The summed E-state index contributed by atoms with van der Waals surface area (Å²) in [6.45, 7) is 5.49. The molecule has 1 aromatic carbocycles. The van der Waals surface area contributed by atoms with Crippen LogP contribution in [-0.4, -0.2) is 30.1 Å². The lowest BCUT2D eigenvalue weighted by Crippen LogP contribution is -2.33. The summed E-state index contributed by atoms with van der Waals surface area (Å²) in [5.74, 6) is 0.916. The zero-order valence-electron chi connectivity index (χ0n) is 19.9. The number of benzene rings is 1. The SMILES string of the molecule is CC[C@@H](c1nnnn1C1CCCCC1)N(Cc1cccs1)Cc1cc2cccc(C)c2[nH]c1=O. The van der Waals surface area contributed by atoms with E-state index in [0.717, 1.165) is 53.7 Å². The molecular weight excluding hydrogens is 444 g/mol. The number of tetrazole rings is 1. The fourth-order valence-electron chi connectivity index (χ4n) is 5.25. The Hall–Kier alpha value is -2.84. The number of thiophene rings is 1. The van der Waals surface area contributed by atoms with E-state index in [1.54, 1.807) is 11.3 Å². The molecular formula is C26H32N6OS. The highest BCUT2D eigenvalue weighted by Crippen LogP contribution is 2.33. The highest BCUT2D eigenvalue weighted by atomic mass is 32.1. The average molecular weight is 477 g/mol. The smallest absolute Gasteiger partial charge is 0.252 e. The predicted molar refractivity (Wildman–Crippen MR) is 136 cm³/mol. The van der Waals surface area contributed by atoms with Crippen LogP contribution in [0.1, 0.15) is 79.4 Å². The van der Waals surface area contributed by atoms with Gasteiger partial charge in [0, 0.05) is 23.5 Å². The topological polar surface area (TPSA) is 79.7 Å². The number of aryl methyl sites for hydroxylation is 1. The Morgan fingerprint density at radius 3 is 2.79 bits per heavy atom. The Morgan fingerprint density at radius 1 is 1.18 bits per heavy atom. The quantitative estimate of drug-likeness (QED) is 0.361. The first-order chi connectivity index (χ1) is 16.6. The molecule has 0 amide bonds. The van der Waals surface area contributed by atoms with Gasteiger partial charge in [-0.3, -0.25) is 9.69 Å². The van der Waals surface area contributed by atoms with E-state index in [2.05, 4.69) is 60.6 Å². The molecule has 1 saturated carbocycles. The van der Waals surface area contributed by atoms with Crippen LogP contribution < -0.4 is 5.56 Å². The van der Waals surface area contributed by atoms with Crippen molar-refractivity contribution in [2.24, 2.45) is 0 Å². The predicted octanol–water partition coefficient (Wildman–Crippen LogP) is 5.54. The van der Waals surface area contributed by atoms with Gasteiger partial charge in [0.1, 0.15) is 0 Å². The lowest BCUT2D eigenvalue weighted by Gasteiger charge is -2.31. The van der Waals surface area contributed by atoms with Gasteiger partial charge >= 0.3 is 0 Å². The molecule has 178 valence electrons. The number of hydrogen-bond donors (Lipinski definition) is 1. The highest BCUT2D eigenvalue weighted by Gasteiger charge is 2.29. The number of nitrogens with one attached hydrogen (secondary N) is 1. The number of nitrogens with zero attached hydrogens (tertiary/aromatic N) is 5. The van der Waals surface area contributed by atoms with Crippen molar-refractivity contribution in [3.8, 4) is 0 Å². The fraction of sp³-hybridized carbons (Fsp3) is 0.462. The van der Waals surface area contributed by atoms with Crippen molar-refractivity contribution < 1.29 is 0 Å². The molecule has 8 heteroatoms. The monoisotopic (exact) mass is 476 g/mol. The van der Waals surface area contributed by atoms with Gasteiger partial charge < -0.3 is 4.98 Å². The van der Waals surface area contributed by atoms with Gasteiger partial charge in [-0.25, -0.2) is 4.68 Å². The number of aromatic amines is 1. The van der Waals surface area contributed by atoms with E-state index in [0.29, 0.717) is 12.6 Å². The van der Waals surface area contributed by atoms with Gasteiger partial charge in [0.25, 0.3) is 5.56 Å². The van der Waals surface area contributed by atoms with Crippen LogP contribution >= 0.6 is 11.3 Å². The minimum absolute atomic E-state index is 0.0200. The van der Waals surface area contributed by atoms with Gasteiger partial charge in [-0.2, -0.15) is 0 Å². The molecule has 0 aliphatic heterocycles. The van der Waals surface area contributed by atoms with E-state index >= 15 is 0 Å². The number of pyridine rings is 1. The van der Waals surface area contributed by atoms with Crippen LogP contribution in [0.5, 0.6) is 0 Å². The Labute approximate surface area is 203 Å². The molecule has 34 heavy (non-hydrogen) atoms. The van der Waals surface area contributed by atoms with Crippen LogP contribution in [0.4, 0.5) is 0 Å². The van der Waals surface area contributed by atoms with Gasteiger partial charge in [0.15, 0.2) is 5.82 Å². The minimum atomic E-state index is -0.0281. The van der Waals surface area contributed by atoms with Crippen LogP contribution in [0.25, 0.3) is 10.9 Å². The number of aromatic nitrogens is 5. The molecule has 1 fully saturated rings. The van der Waals surface area contributed by atoms with Crippen LogP contribution in [-0.2, 0) is 13.1 Å². The summed E-state index contributed by atoms with van der Waals surface area (Å²) >= 11 is 1.74. The normalized spacial score (nSPS) is 15.9. The Kier molecular flexibility index (Phi) is 6.87. The molecule has 7 nitrogen and oxygen atoms in total. The summed E-state index contributed by atoms with van der Waals surface area (Å²) in [4.78, 5) is 19.9. The van der Waals surface area contributed by atoms with Gasteiger partial charge in [-0.05, 0) is 65.1 Å². The fourth-order valence-corrected chi connectivity index (χ4v) is 5.98. The summed E-state index contributed by atoms with van der Waals surface area (Å²) in [5, 5.41) is 16.2. The molecule has 0 bridgehead atoms. The second-order valence-electron chi connectivity index (χ2n) is 9.34. The summed E-state index contributed by atoms with van der Waals surface area (Å²) in [5.41, 5.74) is 2.73. The standard InChI is InChI=1S/C26H32N6OS/c1-3-23(25-28-29-30-32(25)21-11-5-4-6-12-21)31(17-22-13-8-14-34-22)16-20-15-19-10-7-9-18(2)24(19)27-26(20)33/h7-10,13-15,21,23H,3-6,11-12,16-17H2,1-2H3,(H,27,33)/t23-/m0/s1. The van der Waals surface area contributed by atoms with Crippen molar-refractivity contribution in [3.05, 3.63) is 74.0 Å². The van der Waals surface area contributed by atoms with Gasteiger partial charge in [0.2, 0.25) is 0 Å². The maximum Gasteiger partial charge on any atom is 0.252 e. The first-order valence-corrected chi connectivity index (χ1v) is 13.2. The number of para-hydroxylation sites is 1. The molecule has 0 unspecified atom stereocenters. The van der Waals surface area contributed by atoms with Crippen molar-refractivity contribution in [2.45, 2.75) is 77.5 Å². The largest absolute Gasteiger partial charge is 0.321 e. The third-order valence-corrected chi connectivity index (χ3v) is 7.90. The molecule has 1 aliphatic carbocycles. The van der Waals surface area contributed by atoms with E-state index < -0.39 is 0 Å². The lowest BCUT2D eigenvalue weighted by atomic mass is 9.95. The van der Waals surface area contributed by atoms with Crippen molar-refractivity contribution in [1.82, 2.24) is 30.1 Å². The van der Waals surface area contributed by atoms with Crippen LogP contribution in [0, 0.1) is 6.92 Å². The maximum absolute atomic E-state index is 13.1. The van der Waals surface area contributed by atoms with E-state index in [4.69, 9.17) is 0 Å². The van der Waals surface area contributed by atoms with E-state index in [1.165, 1.54) is 24.1 Å². The molecule has 5 rings (SSSR count). The van der Waals surface area contributed by atoms with Gasteiger partial charge in [-0.15, -0.1) is 16.4 Å². The van der Waals surface area contributed by atoms with Crippen molar-refractivity contribution in [1.29, 1.82) is 0 Å². The van der Waals surface area contributed by atoms with Crippen molar-refractivity contribution in [2.75, 3.05) is 0 Å². The van der Waals surface area contributed by atoms with Crippen LogP contribution in [0.3, 0.4) is 0 Å². The van der Waals surface area contributed by atoms with Crippen LogP contribution in [0.2, 0.25) is 0 Å². The molecule has 0 spiro atoms. The van der Waals surface area contributed by atoms with Crippen LogP contribution in [0.15, 0.2) is 46.6 Å². The van der Waals surface area contributed by atoms with E-state index in [1.807, 2.05) is 25.1 Å². The molecule has 3 aromatic heterocycles. The molecule has 3 heterocycles. The Bertz CT molecular complexity index is 1290. The van der Waals surface area contributed by atoms with Crippen molar-refractivity contribution >= 4 is 22.2 Å². The van der Waals surface area contributed by atoms with Gasteiger partial charge in [-0.1, -0.05) is 50.5 Å². The molecule has 1 N–H and O–H groups in total. The van der Waals surface area contributed by atoms with Gasteiger partial charge in [0.05, 0.1) is 17.6 Å². The third-order valence-electron chi connectivity index (χ3n) is 7.04. The average Bonchev–Trinajstić information content (AvgIpc) is 3.54. The first-order valence-electron chi connectivity index (χ1n) is 12.3. The first kappa shape index (κ1) is 22.9. The zero-order chi connectivity index (χ0) is 23.5. The number of fused-ring (bicyclic) bond motifs is 1. The maximum atomic E-state index is 13.1. The molecule has 1 atom stereocenters. The Morgan fingerprint density at radius 2 is 2.03 bits per heavy atom. The summed E-state index contributed by atoms with van der Waals surface area (Å²) < 4.78 is 2.07. The summed E-state index contributed by atoms with van der Waals surface area (Å²) in [7, 11) is 0. The molecule has 4 aromatic rings. The number of rotatable bonds is 8. The molecule has 0 saturated heterocycles. The zero-order valence-corrected chi connectivity index (χ0v) is 20.7. The second kappa shape index (κ2) is 10.2. The van der Waals surface area contributed by atoms with E-state index in [9.17, 15) is 4.79 Å². The minimum Gasteiger partial charge on any atom is -0.321 e. The summed E-state index contributed by atoms with van der Waals surface area (Å²) in [6, 6.07) is 12.8.